The van der Waals surface area contributed by atoms with Crippen molar-refractivity contribution in [2.24, 2.45) is 0 Å². The standard InChI is InChI=1S/C24H31N5/c1-3-28-14-8-13-22(28)16-25-17-23-24(21-11-5-4-6-12-21)27-29(26-23)18-20-10-7-9-19(2)15-20/h4-7,9-12,15,22,25H,3,8,13-14,16-18H2,1-2H3/t22-/m0/s1. The van der Waals surface area contributed by atoms with Crippen LogP contribution >= 0.6 is 0 Å². The fraction of sp³-hybridized carbons (Fsp3) is 0.417. The quantitative estimate of drug-likeness (QED) is 0.635. The van der Waals surface area contributed by atoms with Crippen molar-refractivity contribution in [1.82, 2.24) is 25.2 Å². The molecule has 3 aromatic rings. The van der Waals surface area contributed by atoms with Crippen LogP contribution in [0.1, 0.15) is 36.6 Å². The van der Waals surface area contributed by atoms with Gasteiger partial charge in [-0.05, 0) is 38.4 Å². The predicted molar refractivity (Wildman–Crippen MR) is 118 cm³/mol. The summed E-state index contributed by atoms with van der Waals surface area (Å²) >= 11 is 0. The van der Waals surface area contributed by atoms with E-state index in [2.05, 4.69) is 72.6 Å². The molecule has 5 nitrogen and oxygen atoms in total. The Labute approximate surface area is 173 Å². The predicted octanol–water partition coefficient (Wildman–Crippen LogP) is 3.88. The van der Waals surface area contributed by atoms with Crippen LogP contribution in [0.2, 0.25) is 0 Å². The van der Waals surface area contributed by atoms with Crippen molar-refractivity contribution in [3.63, 3.8) is 0 Å². The molecule has 0 aliphatic carbocycles. The number of benzene rings is 2. The summed E-state index contributed by atoms with van der Waals surface area (Å²) in [6.45, 7) is 9.17. The van der Waals surface area contributed by atoms with Gasteiger partial charge in [0.15, 0.2) is 0 Å². The normalized spacial score (nSPS) is 17.1. The van der Waals surface area contributed by atoms with Crippen LogP contribution in [0.5, 0.6) is 0 Å². The number of hydrogen-bond acceptors (Lipinski definition) is 4. The van der Waals surface area contributed by atoms with Gasteiger partial charge in [-0.15, -0.1) is 0 Å². The van der Waals surface area contributed by atoms with E-state index in [0.29, 0.717) is 12.6 Å². The van der Waals surface area contributed by atoms with Gasteiger partial charge in [0.2, 0.25) is 0 Å². The first-order chi connectivity index (χ1) is 14.2. The maximum absolute atomic E-state index is 4.84. The van der Waals surface area contributed by atoms with E-state index in [-0.39, 0.29) is 0 Å². The molecule has 1 fully saturated rings. The molecular weight excluding hydrogens is 358 g/mol. The molecule has 2 aromatic carbocycles. The Kier molecular flexibility index (Phi) is 6.37. The van der Waals surface area contributed by atoms with E-state index in [1.165, 1.54) is 30.5 Å². The largest absolute Gasteiger partial charge is 0.309 e. The molecule has 0 saturated carbocycles. The van der Waals surface area contributed by atoms with Crippen LogP contribution in [0, 0.1) is 6.92 Å². The maximum Gasteiger partial charge on any atom is 0.117 e. The number of aromatic nitrogens is 3. The minimum Gasteiger partial charge on any atom is -0.309 e. The van der Waals surface area contributed by atoms with Gasteiger partial charge in [-0.1, -0.05) is 67.1 Å². The highest BCUT2D eigenvalue weighted by atomic mass is 15.5. The van der Waals surface area contributed by atoms with E-state index in [4.69, 9.17) is 10.2 Å². The molecule has 4 rings (SSSR count). The zero-order valence-corrected chi connectivity index (χ0v) is 17.5. The molecule has 1 atom stereocenters. The van der Waals surface area contributed by atoms with Gasteiger partial charge in [0, 0.05) is 24.7 Å². The van der Waals surface area contributed by atoms with Crippen LogP contribution in [-0.2, 0) is 13.1 Å². The minimum atomic E-state index is 0.641. The molecule has 29 heavy (non-hydrogen) atoms. The average Bonchev–Trinajstić information content (AvgIpc) is 3.35. The minimum absolute atomic E-state index is 0.641. The summed E-state index contributed by atoms with van der Waals surface area (Å²) in [7, 11) is 0. The summed E-state index contributed by atoms with van der Waals surface area (Å²) in [6, 6.07) is 19.6. The molecule has 0 amide bonds. The molecule has 1 aliphatic heterocycles. The van der Waals surface area contributed by atoms with Crippen LogP contribution < -0.4 is 5.32 Å². The second kappa shape index (κ2) is 9.33. The molecule has 0 bridgehead atoms. The average molecular weight is 390 g/mol. The van der Waals surface area contributed by atoms with Gasteiger partial charge in [-0.25, -0.2) is 0 Å². The van der Waals surface area contributed by atoms with E-state index < -0.39 is 0 Å². The molecule has 2 heterocycles. The fourth-order valence-corrected chi connectivity index (χ4v) is 4.27. The molecule has 0 spiro atoms. The van der Waals surface area contributed by atoms with Gasteiger partial charge in [-0.2, -0.15) is 15.0 Å². The van der Waals surface area contributed by atoms with Crippen LogP contribution in [0.25, 0.3) is 11.3 Å². The van der Waals surface area contributed by atoms with Crippen LogP contribution in [0.3, 0.4) is 0 Å². The lowest BCUT2D eigenvalue weighted by molar-refractivity contribution is 0.259. The molecule has 1 saturated heterocycles. The zero-order chi connectivity index (χ0) is 20.1. The highest BCUT2D eigenvalue weighted by Gasteiger charge is 2.22. The van der Waals surface area contributed by atoms with Gasteiger partial charge in [0.25, 0.3) is 0 Å². The summed E-state index contributed by atoms with van der Waals surface area (Å²) < 4.78 is 0. The number of aryl methyl sites for hydroxylation is 1. The Hall–Kier alpha value is -2.50. The Balaban J connectivity index is 1.50. The fourth-order valence-electron chi connectivity index (χ4n) is 4.27. The SMILES string of the molecule is CCN1CCC[C@H]1CNCc1nn(Cc2cccc(C)c2)nc1-c1ccccc1. The van der Waals surface area contributed by atoms with Crippen molar-refractivity contribution in [1.29, 1.82) is 0 Å². The van der Waals surface area contributed by atoms with Gasteiger partial charge in [0.05, 0.1) is 6.54 Å². The van der Waals surface area contributed by atoms with E-state index >= 15 is 0 Å². The van der Waals surface area contributed by atoms with Crippen molar-refractivity contribution in [2.75, 3.05) is 19.6 Å². The third-order valence-electron chi connectivity index (χ3n) is 5.76. The molecule has 1 aliphatic rings. The summed E-state index contributed by atoms with van der Waals surface area (Å²) in [5.74, 6) is 0. The van der Waals surface area contributed by atoms with E-state index in [1.807, 2.05) is 10.9 Å². The van der Waals surface area contributed by atoms with Gasteiger partial charge < -0.3 is 5.32 Å². The lowest BCUT2D eigenvalue weighted by Gasteiger charge is -2.22. The number of rotatable bonds is 8. The monoisotopic (exact) mass is 389 g/mol. The Morgan fingerprint density at radius 1 is 1.07 bits per heavy atom. The van der Waals surface area contributed by atoms with Gasteiger partial charge in [-0.3, -0.25) is 4.90 Å². The van der Waals surface area contributed by atoms with Crippen LogP contribution in [-0.4, -0.2) is 45.6 Å². The Bertz CT molecular complexity index is 918. The van der Waals surface area contributed by atoms with Crippen LogP contribution in [0.15, 0.2) is 54.6 Å². The van der Waals surface area contributed by atoms with Crippen LogP contribution in [0.4, 0.5) is 0 Å². The summed E-state index contributed by atoms with van der Waals surface area (Å²) in [5.41, 5.74) is 5.60. The maximum atomic E-state index is 4.84. The first-order valence-corrected chi connectivity index (χ1v) is 10.7. The van der Waals surface area contributed by atoms with Gasteiger partial charge in [0.1, 0.15) is 11.4 Å². The highest BCUT2D eigenvalue weighted by molar-refractivity contribution is 5.60. The van der Waals surface area contributed by atoms with Crippen molar-refractivity contribution < 1.29 is 0 Å². The van der Waals surface area contributed by atoms with E-state index in [0.717, 1.165) is 36.6 Å². The van der Waals surface area contributed by atoms with E-state index in [1.54, 1.807) is 0 Å². The van der Waals surface area contributed by atoms with Gasteiger partial charge >= 0.3 is 0 Å². The topological polar surface area (TPSA) is 46.0 Å². The van der Waals surface area contributed by atoms with Crippen molar-refractivity contribution in [3.8, 4) is 11.3 Å². The Morgan fingerprint density at radius 2 is 1.93 bits per heavy atom. The third-order valence-corrected chi connectivity index (χ3v) is 5.76. The first-order valence-electron chi connectivity index (χ1n) is 10.7. The molecule has 1 N–H and O–H groups in total. The Morgan fingerprint density at radius 3 is 2.72 bits per heavy atom. The molecule has 0 unspecified atom stereocenters. The first kappa shape index (κ1) is 19.8. The molecule has 5 heteroatoms. The smallest absolute Gasteiger partial charge is 0.117 e. The third kappa shape index (κ3) is 4.92. The second-order valence-electron chi connectivity index (χ2n) is 7.94. The van der Waals surface area contributed by atoms with E-state index in [9.17, 15) is 0 Å². The number of likely N-dealkylation sites (N-methyl/N-ethyl adjacent to an activating group) is 1. The number of nitrogens with one attached hydrogen (secondary N) is 1. The molecular formula is C24H31N5. The van der Waals surface area contributed by atoms with Crippen molar-refractivity contribution in [3.05, 3.63) is 71.4 Å². The lowest BCUT2D eigenvalue weighted by atomic mass is 10.1. The van der Waals surface area contributed by atoms with Crippen molar-refractivity contribution in [2.45, 2.75) is 45.8 Å². The number of likely N-dealkylation sites (tertiary alicyclic amines) is 1. The highest BCUT2D eigenvalue weighted by Crippen LogP contribution is 2.21. The summed E-state index contributed by atoms with van der Waals surface area (Å²) in [6.07, 6.45) is 2.59. The zero-order valence-electron chi connectivity index (χ0n) is 17.5. The summed E-state index contributed by atoms with van der Waals surface area (Å²) in [5, 5.41) is 13.3. The lowest BCUT2D eigenvalue weighted by Crippen LogP contribution is -2.37. The molecule has 0 radical (unpaired) electrons. The number of nitrogens with zero attached hydrogens (tertiary/aromatic N) is 4. The summed E-state index contributed by atoms with van der Waals surface area (Å²) in [4.78, 5) is 4.40. The number of hydrogen-bond donors (Lipinski definition) is 1. The second-order valence-corrected chi connectivity index (χ2v) is 7.94. The molecule has 1 aromatic heterocycles. The van der Waals surface area contributed by atoms with Crippen molar-refractivity contribution >= 4 is 0 Å². The molecule has 152 valence electrons.